The van der Waals surface area contributed by atoms with Gasteiger partial charge in [0.2, 0.25) is 0 Å². The van der Waals surface area contributed by atoms with Crippen molar-refractivity contribution in [2.75, 3.05) is 11.1 Å². The predicted octanol–water partition coefficient (Wildman–Crippen LogP) is 1.07. The molecule has 0 bridgehead atoms. The van der Waals surface area contributed by atoms with Crippen molar-refractivity contribution >= 4 is 17.3 Å². The highest BCUT2D eigenvalue weighted by molar-refractivity contribution is 6.03. The molecule has 2 aromatic heterocycles. The van der Waals surface area contributed by atoms with Gasteiger partial charge in [0.1, 0.15) is 5.69 Å². The number of nitrogen functional groups attached to an aromatic ring is 1. The Bertz CT molecular complexity index is 499. The number of hydrogen-bond donors (Lipinski definition) is 3. The van der Waals surface area contributed by atoms with Crippen molar-refractivity contribution in [3.8, 4) is 0 Å². The molecular weight excluding hydrogens is 206 g/mol. The molecule has 0 atom stereocenters. The number of hydrogen-bond acceptors (Lipinski definition) is 3. The van der Waals surface area contributed by atoms with Crippen LogP contribution in [0.1, 0.15) is 17.4 Å². The van der Waals surface area contributed by atoms with Gasteiger partial charge >= 0.3 is 0 Å². The number of aromatic nitrogens is 3. The van der Waals surface area contributed by atoms with Gasteiger partial charge in [0.25, 0.3) is 5.91 Å². The molecule has 0 aliphatic heterocycles. The summed E-state index contributed by atoms with van der Waals surface area (Å²) in [6.07, 6.45) is 4.95. The quantitative estimate of drug-likeness (QED) is 0.721. The maximum atomic E-state index is 11.7. The van der Waals surface area contributed by atoms with Gasteiger partial charge in [-0.25, -0.2) is 0 Å². The van der Waals surface area contributed by atoms with Crippen LogP contribution in [0, 0.1) is 0 Å². The van der Waals surface area contributed by atoms with Gasteiger partial charge in [-0.05, 0) is 13.0 Å². The molecule has 0 radical (unpaired) electrons. The maximum absolute atomic E-state index is 11.7. The number of aromatic amines is 1. The molecular formula is C10H13N5O. The van der Waals surface area contributed by atoms with Crippen molar-refractivity contribution in [1.82, 2.24) is 14.8 Å². The van der Waals surface area contributed by atoms with Crippen LogP contribution in [0.2, 0.25) is 0 Å². The van der Waals surface area contributed by atoms with Crippen LogP contribution in [-0.2, 0) is 6.54 Å². The molecule has 0 saturated carbocycles. The Balaban J connectivity index is 2.07. The van der Waals surface area contributed by atoms with Crippen molar-refractivity contribution in [3.05, 3.63) is 30.4 Å². The highest BCUT2D eigenvalue weighted by atomic mass is 16.1. The van der Waals surface area contributed by atoms with E-state index in [1.165, 1.54) is 0 Å². The summed E-state index contributed by atoms with van der Waals surface area (Å²) in [6.45, 7) is 2.75. The minimum Gasteiger partial charge on any atom is -0.397 e. The molecule has 0 aromatic carbocycles. The molecule has 0 spiro atoms. The lowest BCUT2D eigenvalue weighted by atomic mass is 10.4. The van der Waals surface area contributed by atoms with Crippen molar-refractivity contribution in [2.45, 2.75) is 13.5 Å². The summed E-state index contributed by atoms with van der Waals surface area (Å²) in [5.74, 6) is -0.229. The van der Waals surface area contributed by atoms with Crippen LogP contribution in [0.4, 0.5) is 11.4 Å². The van der Waals surface area contributed by atoms with E-state index in [1.807, 2.05) is 6.92 Å². The Kier molecular flexibility index (Phi) is 2.63. The van der Waals surface area contributed by atoms with E-state index in [-0.39, 0.29) is 5.91 Å². The SMILES string of the molecule is CCn1cc(NC(=O)c2cc(N)c[nH]2)cn1. The summed E-state index contributed by atoms with van der Waals surface area (Å²) < 4.78 is 1.73. The molecule has 0 unspecified atom stereocenters. The van der Waals surface area contributed by atoms with E-state index in [2.05, 4.69) is 15.4 Å². The predicted molar refractivity (Wildman–Crippen MR) is 61.1 cm³/mol. The van der Waals surface area contributed by atoms with Crippen molar-refractivity contribution in [2.24, 2.45) is 0 Å². The van der Waals surface area contributed by atoms with E-state index < -0.39 is 0 Å². The fourth-order valence-corrected chi connectivity index (χ4v) is 1.34. The van der Waals surface area contributed by atoms with Crippen molar-refractivity contribution in [3.63, 3.8) is 0 Å². The van der Waals surface area contributed by atoms with Crippen LogP contribution in [-0.4, -0.2) is 20.7 Å². The summed E-state index contributed by atoms with van der Waals surface area (Å²) in [7, 11) is 0. The van der Waals surface area contributed by atoms with E-state index in [9.17, 15) is 4.79 Å². The molecule has 6 heteroatoms. The van der Waals surface area contributed by atoms with Gasteiger partial charge in [0.15, 0.2) is 0 Å². The molecule has 0 saturated heterocycles. The average Bonchev–Trinajstić information content (AvgIpc) is 2.87. The lowest BCUT2D eigenvalue weighted by molar-refractivity contribution is 0.102. The Morgan fingerprint density at radius 1 is 1.69 bits per heavy atom. The monoisotopic (exact) mass is 219 g/mol. The summed E-state index contributed by atoms with van der Waals surface area (Å²) in [5, 5.41) is 6.77. The number of aryl methyl sites for hydroxylation is 1. The summed E-state index contributed by atoms with van der Waals surface area (Å²) in [5.41, 5.74) is 7.14. The van der Waals surface area contributed by atoms with Crippen molar-refractivity contribution < 1.29 is 4.79 Å². The van der Waals surface area contributed by atoms with E-state index in [0.29, 0.717) is 17.1 Å². The van der Waals surface area contributed by atoms with Crippen LogP contribution in [0.25, 0.3) is 0 Å². The number of rotatable bonds is 3. The average molecular weight is 219 g/mol. The van der Waals surface area contributed by atoms with Gasteiger partial charge in [0.05, 0.1) is 11.9 Å². The second-order valence-electron chi connectivity index (χ2n) is 3.39. The number of H-pyrrole nitrogens is 1. The highest BCUT2D eigenvalue weighted by Gasteiger charge is 2.08. The largest absolute Gasteiger partial charge is 0.397 e. The third-order valence-corrected chi connectivity index (χ3v) is 2.17. The van der Waals surface area contributed by atoms with Crippen molar-refractivity contribution in [1.29, 1.82) is 0 Å². The first-order chi connectivity index (χ1) is 7.69. The zero-order valence-electron chi connectivity index (χ0n) is 8.90. The van der Waals surface area contributed by atoms with Gasteiger partial charge in [-0.15, -0.1) is 0 Å². The fraction of sp³-hybridized carbons (Fsp3) is 0.200. The number of carbonyl (C=O) groups excluding carboxylic acids is 1. The molecule has 2 rings (SSSR count). The van der Waals surface area contributed by atoms with E-state index in [1.54, 1.807) is 29.3 Å². The van der Waals surface area contributed by atoms with E-state index >= 15 is 0 Å². The van der Waals surface area contributed by atoms with Crippen LogP contribution in [0.3, 0.4) is 0 Å². The Morgan fingerprint density at radius 2 is 2.50 bits per heavy atom. The van der Waals surface area contributed by atoms with Crippen LogP contribution < -0.4 is 11.1 Å². The highest BCUT2D eigenvalue weighted by Crippen LogP contribution is 2.09. The molecule has 2 heterocycles. The first kappa shape index (κ1) is 10.3. The number of nitrogens with one attached hydrogen (secondary N) is 2. The Labute approximate surface area is 92.5 Å². The Hall–Kier alpha value is -2.24. The molecule has 2 aromatic rings. The first-order valence-corrected chi connectivity index (χ1v) is 4.96. The maximum Gasteiger partial charge on any atom is 0.272 e. The van der Waals surface area contributed by atoms with Gasteiger partial charge in [0, 0.05) is 24.6 Å². The molecule has 0 aliphatic rings. The molecule has 0 aliphatic carbocycles. The van der Waals surface area contributed by atoms with E-state index in [4.69, 9.17) is 5.73 Å². The minimum atomic E-state index is -0.229. The number of nitrogens with two attached hydrogens (primary N) is 1. The smallest absolute Gasteiger partial charge is 0.272 e. The molecule has 0 fully saturated rings. The minimum absolute atomic E-state index is 0.229. The third kappa shape index (κ3) is 2.05. The molecule has 84 valence electrons. The zero-order valence-corrected chi connectivity index (χ0v) is 8.90. The zero-order chi connectivity index (χ0) is 11.5. The lowest BCUT2D eigenvalue weighted by Gasteiger charge is -1.98. The van der Waals surface area contributed by atoms with Gasteiger partial charge < -0.3 is 16.0 Å². The standard InChI is InChI=1S/C10H13N5O/c1-2-15-6-8(5-13-15)14-10(16)9-3-7(11)4-12-9/h3-6,12H,2,11H2,1H3,(H,14,16). The molecule has 16 heavy (non-hydrogen) atoms. The first-order valence-electron chi connectivity index (χ1n) is 4.96. The summed E-state index contributed by atoms with van der Waals surface area (Å²) in [6, 6.07) is 1.58. The van der Waals surface area contributed by atoms with Gasteiger partial charge in [-0.2, -0.15) is 5.10 Å². The molecule has 6 nitrogen and oxygen atoms in total. The number of amides is 1. The second-order valence-corrected chi connectivity index (χ2v) is 3.39. The second kappa shape index (κ2) is 4.09. The van der Waals surface area contributed by atoms with Gasteiger partial charge in [-0.1, -0.05) is 0 Å². The molecule has 1 amide bonds. The lowest BCUT2D eigenvalue weighted by Crippen LogP contribution is -2.11. The van der Waals surface area contributed by atoms with Gasteiger partial charge in [-0.3, -0.25) is 9.48 Å². The number of anilines is 2. The summed E-state index contributed by atoms with van der Waals surface area (Å²) >= 11 is 0. The Morgan fingerprint density at radius 3 is 3.06 bits per heavy atom. The third-order valence-electron chi connectivity index (χ3n) is 2.17. The topological polar surface area (TPSA) is 88.7 Å². The molecule has 4 N–H and O–H groups in total. The van der Waals surface area contributed by atoms with Crippen LogP contribution in [0.5, 0.6) is 0 Å². The van der Waals surface area contributed by atoms with Crippen LogP contribution in [0.15, 0.2) is 24.7 Å². The number of nitrogens with zero attached hydrogens (tertiary/aromatic N) is 2. The normalized spacial score (nSPS) is 10.3. The van der Waals surface area contributed by atoms with Crippen LogP contribution >= 0.6 is 0 Å². The summed E-state index contributed by atoms with van der Waals surface area (Å²) in [4.78, 5) is 14.5. The number of carbonyl (C=O) groups is 1. The van der Waals surface area contributed by atoms with E-state index in [0.717, 1.165) is 6.54 Å². The fourth-order valence-electron chi connectivity index (χ4n) is 1.34.